The number of ether oxygens (including phenoxy) is 2. The number of allylic oxidation sites excluding steroid dienone is 3. The molecular weight excluding hydrogens is 296 g/mol. The van der Waals surface area contributed by atoms with Crippen LogP contribution in [0.2, 0.25) is 0 Å². The Labute approximate surface area is 134 Å². The predicted molar refractivity (Wildman–Crippen MR) is 84.6 cm³/mol. The van der Waals surface area contributed by atoms with Gasteiger partial charge in [-0.25, -0.2) is 0 Å². The van der Waals surface area contributed by atoms with Crippen molar-refractivity contribution >= 4 is 23.6 Å². The number of esters is 1. The number of hydrogen-bond acceptors (Lipinski definition) is 5. The monoisotopic (exact) mass is 314 g/mol. The summed E-state index contributed by atoms with van der Waals surface area (Å²) in [6, 6.07) is 7.21. The van der Waals surface area contributed by atoms with Crippen LogP contribution in [0.1, 0.15) is 26.3 Å². The zero-order valence-corrected chi connectivity index (χ0v) is 13.2. The molecule has 0 saturated carbocycles. The third-order valence-corrected chi connectivity index (χ3v) is 3.12. The SMILES string of the molecule is CC1=CC(=O)C(C(=O)C=Cc2ccccc2OC(C)C)C(=O)O1. The second-order valence-corrected chi connectivity index (χ2v) is 5.45. The van der Waals surface area contributed by atoms with Crippen LogP contribution in [0.3, 0.4) is 0 Å². The summed E-state index contributed by atoms with van der Waals surface area (Å²) in [5.41, 5.74) is 0.692. The lowest BCUT2D eigenvalue weighted by Gasteiger charge is -2.16. The van der Waals surface area contributed by atoms with Crippen molar-refractivity contribution in [1.82, 2.24) is 0 Å². The van der Waals surface area contributed by atoms with E-state index in [0.29, 0.717) is 11.3 Å². The van der Waals surface area contributed by atoms with E-state index in [-0.39, 0.29) is 11.9 Å². The number of hydrogen-bond donors (Lipinski definition) is 0. The van der Waals surface area contributed by atoms with Crippen LogP contribution in [0.5, 0.6) is 5.75 Å². The van der Waals surface area contributed by atoms with Gasteiger partial charge < -0.3 is 9.47 Å². The zero-order valence-electron chi connectivity index (χ0n) is 13.2. The van der Waals surface area contributed by atoms with Gasteiger partial charge in [0, 0.05) is 11.6 Å². The van der Waals surface area contributed by atoms with Crippen molar-refractivity contribution in [3.05, 3.63) is 47.7 Å². The summed E-state index contributed by atoms with van der Waals surface area (Å²) < 4.78 is 10.5. The first-order valence-corrected chi connectivity index (χ1v) is 7.30. The van der Waals surface area contributed by atoms with E-state index >= 15 is 0 Å². The fraction of sp³-hybridized carbons (Fsp3) is 0.278. The Morgan fingerprint density at radius 1 is 1.26 bits per heavy atom. The van der Waals surface area contributed by atoms with E-state index in [1.807, 2.05) is 26.0 Å². The summed E-state index contributed by atoms with van der Waals surface area (Å²) in [5, 5.41) is 0. The van der Waals surface area contributed by atoms with Gasteiger partial charge in [-0.15, -0.1) is 0 Å². The molecule has 5 heteroatoms. The van der Waals surface area contributed by atoms with Gasteiger partial charge >= 0.3 is 5.97 Å². The smallest absolute Gasteiger partial charge is 0.329 e. The highest BCUT2D eigenvalue weighted by atomic mass is 16.5. The van der Waals surface area contributed by atoms with E-state index in [1.54, 1.807) is 12.1 Å². The minimum absolute atomic E-state index is 0.0109. The van der Waals surface area contributed by atoms with E-state index in [0.717, 1.165) is 6.08 Å². The van der Waals surface area contributed by atoms with Gasteiger partial charge in [0.2, 0.25) is 0 Å². The van der Waals surface area contributed by atoms with Gasteiger partial charge in [0.25, 0.3) is 0 Å². The van der Waals surface area contributed by atoms with E-state index in [1.165, 1.54) is 19.1 Å². The fourth-order valence-electron chi connectivity index (χ4n) is 2.15. The number of carbonyl (C=O) groups excluding carboxylic acids is 3. The quantitative estimate of drug-likeness (QED) is 0.475. The average molecular weight is 314 g/mol. The molecule has 1 unspecified atom stereocenters. The first-order chi connectivity index (χ1) is 10.9. The van der Waals surface area contributed by atoms with Crippen molar-refractivity contribution in [2.75, 3.05) is 0 Å². The highest BCUT2D eigenvalue weighted by Crippen LogP contribution is 2.22. The summed E-state index contributed by atoms with van der Waals surface area (Å²) in [4.78, 5) is 35.7. The molecule has 0 N–H and O–H groups in total. The molecule has 0 saturated heterocycles. The van der Waals surface area contributed by atoms with Crippen molar-refractivity contribution < 1.29 is 23.9 Å². The molecule has 0 amide bonds. The Hall–Kier alpha value is -2.69. The van der Waals surface area contributed by atoms with Crippen LogP contribution in [-0.4, -0.2) is 23.6 Å². The molecule has 0 aromatic heterocycles. The van der Waals surface area contributed by atoms with Crippen molar-refractivity contribution in [1.29, 1.82) is 0 Å². The van der Waals surface area contributed by atoms with E-state index in [9.17, 15) is 14.4 Å². The van der Waals surface area contributed by atoms with Crippen molar-refractivity contribution in [2.45, 2.75) is 26.9 Å². The standard InChI is InChI=1S/C18H18O5/c1-11(2)22-16-7-5-4-6-13(16)8-9-14(19)17-15(20)10-12(3)23-18(17)21/h4-11,17H,1-3H3. The molecule has 1 aromatic carbocycles. The molecule has 0 fully saturated rings. The summed E-state index contributed by atoms with van der Waals surface area (Å²) in [7, 11) is 0. The third kappa shape index (κ3) is 4.16. The van der Waals surface area contributed by atoms with E-state index in [2.05, 4.69) is 0 Å². The van der Waals surface area contributed by atoms with Gasteiger partial charge in [0.15, 0.2) is 17.5 Å². The molecule has 120 valence electrons. The third-order valence-electron chi connectivity index (χ3n) is 3.12. The number of rotatable bonds is 5. The molecule has 23 heavy (non-hydrogen) atoms. The van der Waals surface area contributed by atoms with Gasteiger partial charge in [-0.05, 0) is 39.0 Å². The van der Waals surface area contributed by atoms with Crippen LogP contribution in [0, 0.1) is 5.92 Å². The average Bonchev–Trinajstić information content (AvgIpc) is 2.44. The minimum atomic E-state index is -1.42. The fourth-order valence-corrected chi connectivity index (χ4v) is 2.15. The molecule has 0 radical (unpaired) electrons. The van der Waals surface area contributed by atoms with Gasteiger partial charge in [-0.1, -0.05) is 18.2 Å². The number of ketones is 2. The predicted octanol–water partition coefficient (Wildman–Crippen LogP) is 2.70. The number of cyclic esters (lactones) is 1. The Morgan fingerprint density at radius 3 is 2.61 bits per heavy atom. The van der Waals surface area contributed by atoms with Crippen LogP contribution in [0.15, 0.2) is 42.2 Å². The largest absolute Gasteiger partial charge is 0.490 e. The number of carbonyl (C=O) groups is 3. The zero-order chi connectivity index (χ0) is 17.0. The maximum atomic E-state index is 12.2. The van der Waals surface area contributed by atoms with Gasteiger partial charge in [-0.2, -0.15) is 0 Å². The molecule has 1 aliphatic rings. The normalized spacial score (nSPS) is 18.1. The topological polar surface area (TPSA) is 69.7 Å². The summed E-state index contributed by atoms with van der Waals surface area (Å²) in [6.07, 6.45) is 3.89. The second-order valence-electron chi connectivity index (χ2n) is 5.45. The second kappa shape index (κ2) is 7.05. The Kier molecular flexibility index (Phi) is 5.11. The molecule has 0 spiro atoms. The molecular formula is C18H18O5. The molecule has 0 aliphatic carbocycles. The Morgan fingerprint density at radius 2 is 1.96 bits per heavy atom. The van der Waals surface area contributed by atoms with Gasteiger partial charge in [0.1, 0.15) is 11.5 Å². The van der Waals surface area contributed by atoms with Gasteiger partial charge in [-0.3, -0.25) is 14.4 Å². The molecule has 5 nitrogen and oxygen atoms in total. The first kappa shape index (κ1) is 16.7. The molecule has 2 rings (SSSR count). The minimum Gasteiger partial charge on any atom is -0.490 e. The van der Waals surface area contributed by atoms with Crippen LogP contribution in [0.4, 0.5) is 0 Å². The van der Waals surface area contributed by atoms with E-state index in [4.69, 9.17) is 9.47 Å². The molecule has 1 atom stereocenters. The Bertz CT molecular complexity index is 697. The van der Waals surface area contributed by atoms with Crippen LogP contribution in [-0.2, 0) is 19.1 Å². The van der Waals surface area contributed by atoms with E-state index < -0.39 is 23.5 Å². The molecule has 1 aliphatic heterocycles. The highest BCUT2D eigenvalue weighted by molar-refractivity contribution is 6.25. The van der Waals surface area contributed by atoms with Crippen molar-refractivity contribution in [3.63, 3.8) is 0 Å². The maximum Gasteiger partial charge on any atom is 0.329 e. The lowest BCUT2D eigenvalue weighted by Crippen LogP contribution is -2.34. The molecule has 0 bridgehead atoms. The van der Waals surface area contributed by atoms with Crippen molar-refractivity contribution in [2.24, 2.45) is 5.92 Å². The lowest BCUT2D eigenvalue weighted by molar-refractivity contribution is -0.151. The number of benzene rings is 1. The Balaban J connectivity index is 2.19. The molecule has 1 heterocycles. The highest BCUT2D eigenvalue weighted by Gasteiger charge is 2.36. The first-order valence-electron chi connectivity index (χ1n) is 7.30. The summed E-state index contributed by atoms with van der Waals surface area (Å²) in [5.74, 6) is -2.60. The van der Waals surface area contributed by atoms with Crippen molar-refractivity contribution in [3.8, 4) is 5.75 Å². The van der Waals surface area contributed by atoms with Crippen LogP contribution < -0.4 is 4.74 Å². The summed E-state index contributed by atoms with van der Waals surface area (Å²) >= 11 is 0. The summed E-state index contributed by atoms with van der Waals surface area (Å²) in [6.45, 7) is 5.29. The molecule has 1 aromatic rings. The van der Waals surface area contributed by atoms with Crippen LogP contribution >= 0.6 is 0 Å². The number of para-hydroxylation sites is 1. The lowest BCUT2D eigenvalue weighted by atomic mass is 9.96. The maximum absolute atomic E-state index is 12.2. The van der Waals surface area contributed by atoms with Crippen LogP contribution in [0.25, 0.3) is 6.08 Å². The van der Waals surface area contributed by atoms with Gasteiger partial charge in [0.05, 0.1) is 6.10 Å².